The average molecular weight is 281 g/mol. The molecule has 2 N–H and O–H groups in total. The lowest BCUT2D eigenvalue weighted by Crippen LogP contribution is -2.15. The van der Waals surface area contributed by atoms with Gasteiger partial charge in [0.25, 0.3) is 0 Å². The summed E-state index contributed by atoms with van der Waals surface area (Å²) >= 11 is 0. The Morgan fingerprint density at radius 2 is 1.95 bits per heavy atom. The summed E-state index contributed by atoms with van der Waals surface area (Å²) in [5, 5.41) is 11.2. The number of benzene rings is 1. The molecule has 0 saturated heterocycles. The van der Waals surface area contributed by atoms with Gasteiger partial charge in [0.05, 0.1) is 6.10 Å². The predicted octanol–water partition coefficient (Wildman–Crippen LogP) is 1.90. The standard InChI is InChI=1S/C14H19NO5/c1-10(19-2)3-8-13(16)15-11-4-6-12(7-5-11)20-9-14(17)18/h4-7,10H,3,8-9H2,1-2H3,(H,15,16)(H,17,18). The summed E-state index contributed by atoms with van der Waals surface area (Å²) in [5.41, 5.74) is 0.641. The summed E-state index contributed by atoms with van der Waals surface area (Å²) < 4.78 is 10.1. The van der Waals surface area contributed by atoms with Gasteiger partial charge in [0.2, 0.25) is 5.91 Å². The van der Waals surface area contributed by atoms with E-state index in [0.29, 0.717) is 24.3 Å². The molecule has 6 nitrogen and oxygen atoms in total. The number of aliphatic carboxylic acids is 1. The van der Waals surface area contributed by atoms with Crippen molar-refractivity contribution in [2.45, 2.75) is 25.9 Å². The van der Waals surface area contributed by atoms with Crippen LogP contribution < -0.4 is 10.1 Å². The fourth-order valence-electron chi connectivity index (χ4n) is 1.46. The third-order valence-corrected chi connectivity index (χ3v) is 2.68. The summed E-state index contributed by atoms with van der Waals surface area (Å²) in [7, 11) is 1.61. The first-order valence-corrected chi connectivity index (χ1v) is 6.28. The van der Waals surface area contributed by atoms with Crippen molar-refractivity contribution < 1.29 is 24.2 Å². The molecule has 1 unspecified atom stereocenters. The number of rotatable bonds is 8. The fourth-order valence-corrected chi connectivity index (χ4v) is 1.46. The van der Waals surface area contributed by atoms with Gasteiger partial charge in [0.15, 0.2) is 6.61 Å². The Morgan fingerprint density at radius 1 is 1.30 bits per heavy atom. The lowest BCUT2D eigenvalue weighted by atomic mass is 10.2. The molecule has 110 valence electrons. The molecule has 0 fully saturated rings. The van der Waals surface area contributed by atoms with Gasteiger partial charge in [-0.15, -0.1) is 0 Å². The number of carboxylic acids is 1. The maximum absolute atomic E-state index is 11.7. The lowest BCUT2D eigenvalue weighted by Gasteiger charge is -2.10. The third-order valence-electron chi connectivity index (χ3n) is 2.68. The van der Waals surface area contributed by atoms with Gasteiger partial charge in [-0.25, -0.2) is 4.79 Å². The minimum absolute atomic E-state index is 0.0487. The molecule has 0 saturated carbocycles. The van der Waals surface area contributed by atoms with E-state index in [1.165, 1.54) is 0 Å². The van der Waals surface area contributed by atoms with Gasteiger partial charge in [-0.3, -0.25) is 4.79 Å². The van der Waals surface area contributed by atoms with Crippen LogP contribution in [0.1, 0.15) is 19.8 Å². The molecule has 6 heteroatoms. The second kappa shape index (κ2) is 8.16. The lowest BCUT2D eigenvalue weighted by molar-refractivity contribution is -0.139. The molecule has 0 aromatic heterocycles. The Balaban J connectivity index is 2.40. The summed E-state index contributed by atoms with van der Waals surface area (Å²) in [4.78, 5) is 22.0. The quantitative estimate of drug-likeness (QED) is 0.760. The van der Waals surface area contributed by atoms with E-state index in [4.69, 9.17) is 14.6 Å². The monoisotopic (exact) mass is 281 g/mol. The number of methoxy groups -OCH3 is 1. The number of carboxylic acid groups (broad SMARTS) is 1. The first kappa shape index (κ1) is 16.0. The summed E-state index contributed by atoms with van der Waals surface area (Å²) in [6.45, 7) is 1.52. The molecule has 0 aliphatic heterocycles. The van der Waals surface area contributed by atoms with E-state index < -0.39 is 5.97 Å². The zero-order valence-corrected chi connectivity index (χ0v) is 11.6. The highest BCUT2D eigenvalue weighted by Crippen LogP contribution is 2.16. The SMILES string of the molecule is COC(C)CCC(=O)Nc1ccc(OCC(=O)O)cc1. The number of nitrogens with one attached hydrogen (secondary N) is 1. The van der Waals surface area contributed by atoms with Crippen molar-refractivity contribution in [2.75, 3.05) is 19.0 Å². The van der Waals surface area contributed by atoms with Gasteiger partial charge in [0, 0.05) is 19.2 Å². The number of ether oxygens (including phenoxy) is 2. The molecule has 0 aliphatic rings. The molecular formula is C14H19NO5. The Bertz CT molecular complexity index is 443. The van der Waals surface area contributed by atoms with Crippen molar-refractivity contribution in [2.24, 2.45) is 0 Å². The number of hydrogen-bond donors (Lipinski definition) is 2. The van der Waals surface area contributed by atoms with E-state index in [0.717, 1.165) is 0 Å². The van der Waals surface area contributed by atoms with Crippen molar-refractivity contribution in [3.63, 3.8) is 0 Å². The molecule has 1 aromatic rings. The number of carbonyl (C=O) groups is 2. The predicted molar refractivity (Wildman–Crippen MR) is 73.9 cm³/mol. The molecule has 0 bridgehead atoms. The van der Waals surface area contributed by atoms with E-state index >= 15 is 0 Å². The Morgan fingerprint density at radius 3 is 2.50 bits per heavy atom. The first-order chi connectivity index (χ1) is 9.51. The van der Waals surface area contributed by atoms with Crippen molar-refractivity contribution in [1.29, 1.82) is 0 Å². The normalized spacial score (nSPS) is 11.7. The van der Waals surface area contributed by atoms with E-state index in [1.807, 2.05) is 6.92 Å². The van der Waals surface area contributed by atoms with Crippen LogP contribution in [0.25, 0.3) is 0 Å². The van der Waals surface area contributed by atoms with Crippen LogP contribution in [-0.4, -0.2) is 36.8 Å². The van der Waals surface area contributed by atoms with Crippen LogP contribution in [0.3, 0.4) is 0 Å². The van der Waals surface area contributed by atoms with Crippen LogP contribution in [0.2, 0.25) is 0 Å². The smallest absolute Gasteiger partial charge is 0.341 e. The van der Waals surface area contributed by atoms with E-state index in [2.05, 4.69) is 5.32 Å². The molecule has 0 spiro atoms. The van der Waals surface area contributed by atoms with E-state index in [-0.39, 0.29) is 18.6 Å². The van der Waals surface area contributed by atoms with Gasteiger partial charge < -0.3 is 19.9 Å². The van der Waals surface area contributed by atoms with E-state index in [9.17, 15) is 9.59 Å². The molecular weight excluding hydrogens is 262 g/mol. The van der Waals surface area contributed by atoms with Crippen molar-refractivity contribution in [1.82, 2.24) is 0 Å². The molecule has 0 radical (unpaired) electrons. The molecule has 1 atom stereocenters. The molecule has 0 aliphatic carbocycles. The van der Waals surface area contributed by atoms with Crippen LogP contribution in [-0.2, 0) is 14.3 Å². The van der Waals surface area contributed by atoms with Gasteiger partial charge in [0.1, 0.15) is 5.75 Å². The number of anilines is 1. The maximum atomic E-state index is 11.7. The number of hydrogen-bond acceptors (Lipinski definition) is 4. The van der Waals surface area contributed by atoms with Crippen molar-refractivity contribution >= 4 is 17.6 Å². The minimum Gasteiger partial charge on any atom is -0.482 e. The summed E-state index contributed by atoms with van der Waals surface area (Å²) in [6.07, 6.45) is 1.08. The van der Waals surface area contributed by atoms with Crippen molar-refractivity contribution in [3.8, 4) is 5.75 Å². The zero-order valence-electron chi connectivity index (χ0n) is 11.6. The second-order valence-electron chi connectivity index (χ2n) is 4.34. The van der Waals surface area contributed by atoms with Crippen LogP contribution in [0, 0.1) is 0 Å². The number of carbonyl (C=O) groups excluding carboxylic acids is 1. The summed E-state index contributed by atoms with van der Waals surface area (Å²) in [5.74, 6) is -0.679. The second-order valence-corrected chi connectivity index (χ2v) is 4.34. The fraction of sp³-hybridized carbons (Fsp3) is 0.429. The number of amides is 1. The molecule has 1 aromatic carbocycles. The molecule has 20 heavy (non-hydrogen) atoms. The molecule has 0 heterocycles. The summed E-state index contributed by atoms with van der Waals surface area (Å²) in [6, 6.07) is 6.54. The van der Waals surface area contributed by atoms with Crippen LogP contribution in [0.5, 0.6) is 5.75 Å². The van der Waals surface area contributed by atoms with Crippen LogP contribution in [0.15, 0.2) is 24.3 Å². The Kier molecular flexibility index (Phi) is 6.52. The zero-order chi connectivity index (χ0) is 15.0. The highest BCUT2D eigenvalue weighted by molar-refractivity contribution is 5.90. The molecule has 1 amide bonds. The topological polar surface area (TPSA) is 84.9 Å². The van der Waals surface area contributed by atoms with Gasteiger partial charge in [-0.1, -0.05) is 0 Å². The maximum Gasteiger partial charge on any atom is 0.341 e. The Hall–Kier alpha value is -2.08. The van der Waals surface area contributed by atoms with E-state index in [1.54, 1.807) is 31.4 Å². The van der Waals surface area contributed by atoms with Crippen LogP contribution in [0.4, 0.5) is 5.69 Å². The highest BCUT2D eigenvalue weighted by Gasteiger charge is 2.06. The highest BCUT2D eigenvalue weighted by atomic mass is 16.5. The van der Waals surface area contributed by atoms with Gasteiger partial charge >= 0.3 is 5.97 Å². The minimum atomic E-state index is -1.03. The average Bonchev–Trinajstić information content (AvgIpc) is 2.44. The van der Waals surface area contributed by atoms with Gasteiger partial charge in [-0.2, -0.15) is 0 Å². The van der Waals surface area contributed by atoms with Crippen molar-refractivity contribution in [3.05, 3.63) is 24.3 Å². The van der Waals surface area contributed by atoms with Gasteiger partial charge in [-0.05, 0) is 37.6 Å². The Labute approximate surface area is 117 Å². The first-order valence-electron chi connectivity index (χ1n) is 6.28. The molecule has 1 rings (SSSR count). The third kappa shape index (κ3) is 6.19. The largest absolute Gasteiger partial charge is 0.482 e. The van der Waals surface area contributed by atoms with Crippen LogP contribution >= 0.6 is 0 Å².